The van der Waals surface area contributed by atoms with Crippen LogP contribution in [0.2, 0.25) is 0 Å². The molecule has 138 valence electrons. The largest absolute Gasteiger partial charge is 0.347 e. The van der Waals surface area contributed by atoms with E-state index in [1.54, 1.807) is 6.20 Å². The molecule has 0 bridgehead atoms. The monoisotopic (exact) mass is 371 g/mol. The molecule has 5 heteroatoms. The van der Waals surface area contributed by atoms with Crippen LogP contribution in [0.5, 0.6) is 0 Å². The van der Waals surface area contributed by atoms with Gasteiger partial charge in [-0.1, -0.05) is 36.4 Å². The van der Waals surface area contributed by atoms with Crippen molar-refractivity contribution in [1.82, 2.24) is 15.2 Å². The Balaban J connectivity index is 0.00000196. The van der Waals surface area contributed by atoms with Crippen LogP contribution in [-0.2, 0) is 10.2 Å². The van der Waals surface area contributed by atoms with Gasteiger partial charge in [-0.05, 0) is 56.5 Å². The van der Waals surface area contributed by atoms with Gasteiger partial charge in [-0.25, -0.2) is 0 Å². The summed E-state index contributed by atoms with van der Waals surface area (Å²) in [7, 11) is 0. The molecule has 2 heterocycles. The highest BCUT2D eigenvalue weighted by molar-refractivity contribution is 5.91. The Morgan fingerprint density at radius 1 is 1.08 bits per heavy atom. The molecule has 1 saturated carbocycles. The van der Waals surface area contributed by atoms with Crippen LogP contribution in [0.4, 0.5) is 0 Å². The van der Waals surface area contributed by atoms with E-state index >= 15 is 0 Å². The number of pyridine rings is 1. The third kappa shape index (κ3) is 3.92. The van der Waals surface area contributed by atoms with Crippen molar-refractivity contribution in [3.8, 4) is 0 Å². The number of halogens is 1. The third-order valence-electron chi connectivity index (χ3n) is 5.49. The highest BCUT2D eigenvalue weighted by Gasteiger charge is 2.52. The highest BCUT2D eigenvalue weighted by Crippen LogP contribution is 2.47. The molecule has 1 aliphatic heterocycles. The van der Waals surface area contributed by atoms with Crippen LogP contribution in [0, 0.1) is 0 Å². The minimum Gasteiger partial charge on any atom is -0.347 e. The van der Waals surface area contributed by atoms with Crippen LogP contribution >= 0.6 is 12.4 Å². The second-order valence-electron chi connectivity index (χ2n) is 7.24. The number of hydrogen-bond acceptors (Lipinski definition) is 3. The highest BCUT2D eigenvalue weighted by atomic mass is 35.5. The van der Waals surface area contributed by atoms with Gasteiger partial charge < -0.3 is 10.2 Å². The predicted molar refractivity (Wildman–Crippen MR) is 105 cm³/mol. The number of aromatic nitrogens is 1. The van der Waals surface area contributed by atoms with Crippen LogP contribution in [0.3, 0.4) is 0 Å². The van der Waals surface area contributed by atoms with Gasteiger partial charge in [-0.15, -0.1) is 12.4 Å². The average molecular weight is 372 g/mol. The Hall–Kier alpha value is -1.91. The maximum Gasteiger partial charge on any atom is 0.232 e. The fourth-order valence-corrected chi connectivity index (χ4v) is 3.81. The fraction of sp³-hybridized carbons (Fsp3) is 0.429. The number of carbonyl (C=O) groups is 1. The number of hydrogen-bond donors (Lipinski definition) is 1. The van der Waals surface area contributed by atoms with E-state index in [4.69, 9.17) is 0 Å². The number of nitrogens with zero attached hydrogens (tertiary/aromatic N) is 2. The number of benzene rings is 1. The van der Waals surface area contributed by atoms with E-state index in [0.717, 1.165) is 38.2 Å². The molecule has 4 nitrogen and oxygen atoms in total. The molecule has 1 aromatic heterocycles. The zero-order chi connectivity index (χ0) is 17.1. The lowest BCUT2D eigenvalue weighted by Crippen LogP contribution is -2.42. The molecule has 2 aromatic rings. The van der Waals surface area contributed by atoms with Gasteiger partial charge in [0.2, 0.25) is 5.91 Å². The first kappa shape index (κ1) is 18.9. The molecule has 2 aliphatic rings. The van der Waals surface area contributed by atoms with Crippen molar-refractivity contribution in [1.29, 1.82) is 0 Å². The zero-order valence-electron chi connectivity index (χ0n) is 14.9. The molecule has 1 N–H and O–H groups in total. The van der Waals surface area contributed by atoms with E-state index in [-0.39, 0.29) is 24.4 Å². The van der Waals surface area contributed by atoms with Crippen molar-refractivity contribution in [3.63, 3.8) is 0 Å². The summed E-state index contributed by atoms with van der Waals surface area (Å²) in [5.74, 6) is 0.124. The fourth-order valence-electron chi connectivity index (χ4n) is 3.81. The summed E-state index contributed by atoms with van der Waals surface area (Å²) in [6.45, 7) is 3.14. The maximum atomic E-state index is 13.1. The number of amides is 1. The Morgan fingerprint density at radius 2 is 1.77 bits per heavy atom. The normalized spacial score (nSPS) is 19.4. The molecule has 1 atom stereocenters. The smallest absolute Gasteiger partial charge is 0.232 e. The lowest BCUT2D eigenvalue weighted by molar-refractivity contribution is -0.124. The van der Waals surface area contributed by atoms with E-state index < -0.39 is 5.41 Å². The van der Waals surface area contributed by atoms with Gasteiger partial charge in [0.1, 0.15) is 0 Å². The van der Waals surface area contributed by atoms with Crippen LogP contribution in [0.1, 0.15) is 43.0 Å². The summed E-state index contributed by atoms with van der Waals surface area (Å²) in [5, 5.41) is 3.34. The SMILES string of the molecule is Cl.O=C(N[C@H](CN1CCCC1)c1ccccc1)C1(c2ccccn2)CC1. The van der Waals surface area contributed by atoms with Gasteiger partial charge >= 0.3 is 0 Å². The second kappa shape index (κ2) is 8.19. The summed E-state index contributed by atoms with van der Waals surface area (Å²) in [4.78, 5) is 20.0. The lowest BCUT2D eigenvalue weighted by atomic mass is 9.98. The Morgan fingerprint density at radius 3 is 2.38 bits per heavy atom. The van der Waals surface area contributed by atoms with Gasteiger partial charge in [0.15, 0.2) is 0 Å². The summed E-state index contributed by atoms with van der Waals surface area (Å²) >= 11 is 0. The quantitative estimate of drug-likeness (QED) is 0.845. The molecule has 0 radical (unpaired) electrons. The molecule has 4 rings (SSSR count). The van der Waals surface area contributed by atoms with E-state index in [1.807, 2.05) is 36.4 Å². The first-order valence-electron chi connectivity index (χ1n) is 9.28. The molecule has 0 spiro atoms. The van der Waals surface area contributed by atoms with Crippen LogP contribution in [0.15, 0.2) is 54.7 Å². The topological polar surface area (TPSA) is 45.2 Å². The average Bonchev–Trinajstić information content (AvgIpc) is 3.33. The van der Waals surface area contributed by atoms with E-state index in [9.17, 15) is 4.79 Å². The van der Waals surface area contributed by atoms with E-state index in [2.05, 4.69) is 27.3 Å². The molecule has 26 heavy (non-hydrogen) atoms. The number of carbonyl (C=O) groups excluding carboxylic acids is 1. The Kier molecular flexibility index (Phi) is 5.94. The minimum atomic E-state index is -0.417. The van der Waals surface area contributed by atoms with E-state index in [1.165, 1.54) is 18.4 Å². The van der Waals surface area contributed by atoms with E-state index in [0.29, 0.717) is 0 Å². The molecule has 2 fully saturated rings. The standard InChI is InChI=1S/C21H25N3O.ClH/c25-20(21(11-12-21)19-10-4-5-13-22-19)23-18(16-24-14-6-7-15-24)17-8-2-1-3-9-17;/h1-5,8-10,13,18H,6-7,11-12,14-16H2,(H,23,25);1H/t18-;/m1./s1. The summed E-state index contributed by atoms with van der Waals surface area (Å²) in [5.41, 5.74) is 1.67. The van der Waals surface area contributed by atoms with Crippen molar-refractivity contribution < 1.29 is 4.79 Å². The van der Waals surface area contributed by atoms with Gasteiger partial charge in [-0.2, -0.15) is 0 Å². The van der Waals surface area contributed by atoms with Crippen LogP contribution in [-0.4, -0.2) is 35.4 Å². The van der Waals surface area contributed by atoms with Crippen molar-refractivity contribution in [3.05, 3.63) is 66.0 Å². The van der Waals surface area contributed by atoms with Gasteiger partial charge in [0, 0.05) is 12.7 Å². The Labute approximate surface area is 161 Å². The number of rotatable bonds is 6. The summed E-state index contributed by atoms with van der Waals surface area (Å²) < 4.78 is 0. The molecular weight excluding hydrogens is 346 g/mol. The lowest BCUT2D eigenvalue weighted by Gasteiger charge is -2.27. The first-order valence-corrected chi connectivity index (χ1v) is 9.28. The molecular formula is C21H26ClN3O. The molecule has 1 amide bonds. The van der Waals surface area contributed by atoms with Gasteiger partial charge in [-0.3, -0.25) is 9.78 Å². The summed E-state index contributed by atoms with van der Waals surface area (Å²) in [6, 6.07) is 16.2. The third-order valence-corrected chi connectivity index (χ3v) is 5.49. The molecule has 0 unspecified atom stereocenters. The van der Waals surface area contributed by atoms with Crippen LogP contribution in [0.25, 0.3) is 0 Å². The zero-order valence-corrected chi connectivity index (χ0v) is 15.8. The van der Waals surface area contributed by atoms with Crippen molar-refractivity contribution in [2.24, 2.45) is 0 Å². The maximum absolute atomic E-state index is 13.1. The molecule has 1 aliphatic carbocycles. The Bertz CT molecular complexity index is 713. The van der Waals surface area contributed by atoms with Crippen LogP contribution < -0.4 is 5.32 Å². The van der Waals surface area contributed by atoms with Crippen molar-refractivity contribution in [2.45, 2.75) is 37.1 Å². The number of nitrogens with one attached hydrogen (secondary N) is 1. The number of likely N-dealkylation sites (tertiary alicyclic amines) is 1. The minimum absolute atomic E-state index is 0. The van der Waals surface area contributed by atoms with Crippen molar-refractivity contribution in [2.75, 3.05) is 19.6 Å². The van der Waals surface area contributed by atoms with Gasteiger partial charge in [0.05, 0.1) is 17.2 Å². The van der Waals surface area contributed by atoms with Gasteiger partial charge in [0.25, 0.3) is 0 Å². The first-order chi connectivity index (χ1) is 12.3. The molecule has 1 saturated heterocycles. The second-order valence-corrected chi connectivity index (χ2v) is 7.24. The van der Waals surface area contributed by atoms with Crippen molar-refractivity contribution >= 4 is 18.3 Å². The predicted octanol–water partition coefficient (Wildman–Crippen LogP) is 3.49. The summed E-state index contributed by atoms with van der Waals surface area (Å²) in [6.07, 6.45) is 6.07. The molecule has 1 aromatic carbocycles.